The summed E-state index contributed by atoms with van der Waals surface area (Å²) < 4.78 is 1.29. The second-order valence-electron chi connectivity index (χ2n) is 5.67. The first-order valence-corrected chi connectivity index (χ1v) is 7.49. The highest BCUT2D eigenvalue weighted by atomic mass is 16.4. The average Bonchev–Trinajstić information content (AvgIpc) is 2.57. The SMILES string of the molecule is O=C([O-])C1CCN(C(=O)Cn2cnc3ccccc3c2=O)CC1. The van der Waals surface area contributed by atoms with E-state index in [1.165, 1.54) is 10.9 Å². The molecule has 1 aromatic heterocycles. The van der Waals surface area contributed by atoms with Crippen molar-refractivity contribution in [1.29, 1.82) is 0 Å². The molecule has 1 saturated heterocycles. The summed E-state index contributed by atoms with van der Waals surface area (Å²) in [5, 5.41) is 11.3. The third-order valence-electron chi connectivity index (χ3n) is 4.22. The maximum absolute atomic E-state index is 12.4. The summed E-state index contributed by atoms with van der Waals surface area (Å²) in [5.41, 5.74) is 0.338. The van der Waals surface area contributed by atoms with Crippen LogP contribution in [-0.2, 0) is 16.1 Å². The molecule has 2 aromatic rings. The largest absolute Gasteiger partial charge is 0.550 e. The number of likely N-dealkylation sites (tertiary alicyclic amines) is 1. The van der Waals surface area contributed by atoms with E-state index < -0.39 is 11.9 Å². The summed E-state index contributed by atoms with van der Waals surface area (Å²) in [4.78, 5) is 41.3. The molecule has 0 saturated carbocycles. The van der Waals surface area contributed by atoms with Gasteiger partial charge in [0.05, 0.1) is 17.2 Å². The maximum atomic E-state index is 12.4. The number of amides is 1. The van der Waals surface area contributed by atoms with Gasteiger partial charge in [-0.05, 0) is 25.0 Å². The molecule has 7 heteroatoms. The normalized spacial score (nSPS) is 15.7. The van der Waals surface area contributed by atoms with Crippen molar-refractivity contribution in [2.45, 2.75) is 19.4 Å². The average molecular weight is 314 g/mol. The van der Waals surface area contributed by atoms with Crippen LogP contribution in [0, 0.1) is 5.92 Å². The van der Waals surface area contributed by atoms with Crippen molar-refractivity contribution in [2.24, 2.45) is 5.92 Å². The Hall–Kier alpha value is -2.70. The van der Waals surface area contributed by atoms with E-state index in [0.29, 0.717) is 36.8 Å². The van der Waals surface area contributed by atoms with Crippen molar-refractivity contribution in [1.82, 2.24) is 14.5 Å². The van der Waals surface area contributed by atoms with Crippen LogP contribution in [0.25, 0.3) is 10.9 Å². The first-order valence-electron chi connectivity index (χ1n) is 7.49. The van der Waals surface area contributed by atoms with Crippen molar-refractivity contribution in [3.05, 3.63) is 40.9 Å². The number of hydrogen-bond acceptors (Lipinski definition) is 5. The Balaban J connectivity index is 1.73. The Morgan fingerprint density at radius 1 is 1.22 bits per heavy atom. The van der Waals surface area contributed by atoms with Crippen LogP contribution < -0.4 is 10.7 Å². The molecule has 0 bridgehead atoms. The van der Waals surface area contributed by atoms with Crippen molar-refractivity contribution >= 4 is 22.8 Å². The van der Waals surface area contributed by atoms with E-state index in [2.05, 4.69) is 4.98 Å². The lowest BCUT2D eigenvalue weighted by Crippen LogP contribution is -2.45. The number of carboxylic acids is 1. The molecule has 3 rings (SSSR count). The zero-order valence-corrected chi connectivity index (χ0v) is 12.5. The third kappa shape index (κ3) is 3.08. The van der Waals surface area contributed by atoms with Crippen LogP contribution >= 0.6 is 0 Å². The molecule has 1 aliphatic rings. The monoisotopic (exact) mass is 314 g/mol. The van der Waals surface area contributed by atoms with Gasteiger partial charge in [-0.2, -0.15) is 0 Å². The van der Waals surface area contributed by atoms with Crippen molar-refractivity contribution in [3.63, 3.8) is 0 Å². The minimum Gasteiger partial charge on any atom is -0.550 e. The van der Waals surface area contributed by atoms with Gasteiger partial charge < -0.3 is 14.8 Å². The predicted molar refractivity (Wildman–Crippen MR) is 80.3 cm³/mol. The van der Waals surface area contributed by atoms with Crippen LogP contribution in [0.2, 0.25) is 0 Å². The van der Waals surface area contributed by atoms with E-state index in [0.717, 1.165) is 0 Å². The van der Waals surface area contributed by atoms with Crippen LogP contribution in [0.1, 0.15) is 12.8 Å². The lowest BCUT2D eigenvalue weighted by Gasteiger charge is -2.32. The van der Waals surface area contributed by atoms with E-state index in [1.807, 2.05) is 0 Å². The number of carbonyl (C=O) groups is 2. The number of aliphatic carboxylic acids is 1. The minimum absolute atomic E-state index is 0.0906. The Morgan fingerprint density at radius 3 is 2.61 bits per heavy atom. The van der Waals surface area contributed by atoms with Gasteiger partial charge in [0.1, 0.15) is 6.54 Å². The molecule has 0 unspecified atom stereocenters. The van der Waals surface area contributed by atoms with Crippen LogP contribution in [-0.4, -0.2) is 39.4 Å². The predicted octanol–water partition coefficient (Wildman–Crippen LogP) is -0.615. The van der Waals surface area contributed by atoms with Gasteiger partial charge in [0.25, 0.3) is 5.56 Å². The van der Waals surface area contributed by atoms with Gasteiger partial charge in [-0.15, -0.1) is 0 Å². The number of piperidine rings is 1. The molecule has 2 heterocycles. The smallest absolute Gasteiger partial charge is 0.261 e. The number of aromatic nitrogens is 2. The fourth-order valence-electron chi connectivity index (χ4n) is 2.83. The molecule has 0 N–H and O–H groups in total. The number of fused-ring (bicyclic) bond motifs is 1. The van der Waals surface area contributed by atoms with Gasteiger partial charge in [-0.1, -0.05) is 12.1 Å². The lowest BCUT2D eigenvalue weighted by molar-refractivity contribution is -0.312. The zero-order chi connectivity index (χ0) is 16.4. The summed E-state index contributed by atoms with van der Waals surface area (Å²) in [6, 6.07) is 6.97. The Bertz CT molecular complexity index is 806. The van der Waals surface area contributed by atoms with Crippen LogP contribution in [0.5, 0.6) is 0 Å². The molecule has 0 radical (unpaired) electrons. The topological polar surface area (TPSA) is 95.3 Å². The van der Waals surface area contributed by atoms with Gasteiger partial charge in [0.15, 0.2) is 0 Å². The second kappa shape index (κ2) is 6.20. The van der Waals surface area contributed by atoms with E-state index in [9.17, 15) is 19.5 Å². The van der Waals surface area contributed by atoms with E-state index in [-0.39, 0.29) is 18.0 Å². The molecule has 0 aliphatic carbocycles. The van der Waals surface area contributed by atoms with Crippen LogP contribution in [0.4, 0.5) is 0 Å². The molecule has 120 valence electrons. The molecule has 23 heavy (non-hydrogen) atoms. The quantitative estimate of drug-likeness (QED) is 0.753. The van der Waals surface area contributed by atoms with Crippen molar-refractivity contribution in [2.75, 3.05) is 13.1 Å². The highest BCUT2D eigenvalue weighted by Crippen LogP contribution is 2.16. The van der Waals surface area contributed by atoms with Crippen LogP contribution in [0.3, 0.4) is 0 Å². The number of nitrogens with zero attached hydrogens (tertiary/aromatic N) is 3. The van der Waals surface area contributed by atoms with Gasteiger partial charge in [-0.3, -0.25) is 14.2 Å². The summed E-state index contributed by atoms with van der Waals surface area (Å²) >= 11 is 0. The Kier molecular flexibility index (Phi) is 4.10. The summed E-state index contributed by atoms with van der Waals surface area (Å²) in [6.07, 6.45) is 2.15. The van der Waals surface area contributed by atoms with Crippen molar-refractivity contribution in [3.8, 4) is 0 Å². The number of para-hydroxylation sites is 1. The molecular weight excluding hydrogens is 298 g/mol. The first-order chi connectivity index (χ1) is 11.1. The fourth-order valence-corrected chi connectivity index (χ4v) is 2.83. The molecule has 0 atom stereocenters. The van der Waals surface area contributed by atoms with Gasteiger partial charge in [-0.25, -0.2) is 4.98 Å². The molecule has 1 aromatic carbocycles. The lowest BCUT2D eigenvalue weighted by atomic mass is 9.97. The Labute approximate surface area is 132 Å². The van der Waals surface area contributed by atoms with Gasteiger partial charge >= 0.3 is 0 Å². The van der Waals surface area contributed by atoms with E-state index in [4.69, 9.17) is 0 Å². The van der Waals surface area contributed by atoms with Crippen molar-refractivity contribution < 1.29 is 14.7 Å². The number of benzene rings is 1. The number of hydrogen-bond donors (Lipinski definition) is 0. The molecular formula is C16H16N3O4-. The third-order valence-corrected chi connectivity index (χ3v) is 4.22. The van der Waals surface area contributed by atoms with Crippen LogP contribution in [0.15, 0.2) is 35.4 Å². The van der Waals surface area contributed by atoms with Gasteiger partial charge in [0.2, 0.25) is 5.91 Å². The molecule has 1 amide bonds. The second-order valence-corrected chi connectivity index (χ2v) is 5.67. The fraction of sp³-hybridized carbons (Fsp3) is 0.375. The van der Waals surface area contributed by atoms with E-state index >= 15 is 0 Å². The summed E-state index contributed by atoms with van der Waals surface area (Å²) in [7, 11) is 0. The van der Waals surface area contributed by atoms with Gasteiger partial charge in [0, 0.05) is 25.0 Å². The summed E-state index contributed by atoms with van der Waals surface area (Å²) in [6.45, 7) is 0.646. The molecule has 1 fully saturated rings. The van der Waals surface area contributed by atoms with E-state index in [1.54, 1.807) is 29.2 Å². The number of carboxylic acid groups (broad SMARTS) is 1. The Morgan fingerprint density at radius 2 is 1.91 bits per heavy atom. The standard InChI is InChI=1S/C16H17N3O4/c20-14(18-7-5-11(6-8-18)16(22)23)9-19-10-17-13-4-2-1-3-12(13)15(19)21/h1-4,10-11H,5-9H2,(H,22,23)/p-1. The summed E-state index contributed by atoms with van der Waals surface area (Å²) in [5.74, 6) is -1.77. The zero-order valence-electron chi connectivity index (χ0n) is 12.5. The number of carbonyl (C=O) groups excluding carboxylic acids is 2. The maximum Gasteiger partial charge on any atom is 0.261 e. The molecule has 0 spiro atoms. The minimum atomic E-state index is -1.06. The highest BCUT2D eigenvalue weighted by molar-refractivity contribution is 5.79. The highest BCUT2D eigenvalue weighted by Gasteiger charge is 2.23. The first kappa shape index (κ1) is 15.2. The molecule has 1 aliphatic heterocycles. The number of rotatable bonds is 3. The molecule has 7 nitrogen and oxygen atoms in total.